The molecule has 0 spiro atoms. The fourth-order valence-electron chi connectivity index (χ4n) is 2.57. The monoisotopic (exact) mass is 394 g/mol. The Balaban J connectivity index is 2.28. The van der Waals surface area contributed by atoms with Crippen LogP contribution in [0.3, 0.4) is 0 Å². The number of ether oxygens (including phenoxy) is 1. The normalized spacial score (nSPS) is 11.6. The number of nitrogens with zero attached hydrogens (tertiary/aromatic N) is 3. The topological polar surface area (TPSA) is 86.1 Å². The highest BCUT2D eigenvalue weighted by molar-refractivity contribution is 7.90. The van der Waals surface area contributed by atoms with Gasteiger partial charge in [-0.3, -0.25) is 0 Å². The molecule has 0 bridgehead atoms. The molecule has 3 aromatic rings. The zero-order valence-electron chi connectivity index (χ0n) is 14.5. The molecule has 0 aromatic carbocycles. The second-order valence-corrected chi connectivity index (χ2v) is 7.29. The summed E-state index contributed by atoms with van der Waals surface area (Å²) in [7, 11) is -1.36. The molecule has 10 heteroatoms. The molecule has 1 N–H and O–H groups in total. The van der Waals surface area contributed by atoms with Crippen LogP contribution in [0.4, 0.5) is 8.78 Å². The number of nitrogens with one attached hydrogen (secondary N) is 1. The van der Waals surface area contributed by atoms with Crippen LogP contribution >= 0.6 is 0 Å². The van der Waals surface area contributed by atoms with Gasteiger partial charge in [-0.1, -0.05) is 0 Å². The Labute approximate surface area is 154 Å². The van der Waals surface area contributed by atoms with Crippen LogP contribution in [0, 0.1) is 11.8 Å². The third kappa shape index (κ3) is 3.40. The summed E-state index contributed by atoms with van der Waals surface area (Å²) in [6.07, 6.45) is 3.55. The summed E-state index contributed by atoms with van der Waals surface area (Å²) in [5, 5.41) is 2.39. The van der Waals surface area contributed by atoms with Crippen LogP contribution in [0.25, 0.3) is 11.3 Å². The van der Waals surface area contributed by atoms with Crippen LogP contribution in [-0.4, -0.2) is 36.5 Å². The van der Waals surface area contributed by atoms with Crippen LogP contribution in [0.2, 0.25) is 0 Å². The fourth-order valence-corrected chi connectivity index (χ4v) is 3.92. The molecule has 0 atom stereocenters. The highest BCUT2D eigenvalue weighted by Crippen LogP contribution is 2.31. The molecule has 0 radical (unpaired) electrons. The molecule has 0 saturated carbocycles. The van der Waals surface area contributed by atoms with Gasteiger partial charge in [0.25, 0.3) is 10.0 Å². The lowest BCUT2D eigenvalue weighted by Crippen LogP contribution is -2.15. The summed E-state index contributed by atoms with van der Waals surface area (Å²) >= 11 is 0. The Morgan fingerprint density at radius 1 is 1.22 bits per heavy atom. The smallest absolute Gasteiger partial charge is 0.285 e. The van der Waals surface area contributed by atoms with Crippen molar-refractivity contribution in [1.29, 1.82) is 0 Å². The first-order chi connectivity index (χ1) is 12.9. The highest BCUT2D eigenvalue weighted by atomic mass is 32.2. The largest absolute Gasteiger partial charge is 0.497 e. The average Bonchev–Trinajstić information content (AvgIpc) is 3.00. The number of methoxy groups -OCH3 is 1. The van der Waals surface area contributed by atoms with Crippen LogP contribution in [0.5, 0.6) is 5.75 Å². The van der Waals surface area contributed by atoms with Crippen molar-refractivity contribution in [2.24, 2.45) is 0 Å². The molecule has 0 aliphatic heterocycles. The van der Waals surface area contributed by atoms with E-state index in [0.717, 1.165) is 6.20 Å². The highest BCUT2D eigenvalue weighted by Gasteiger charge is 2.29. The van der Waals surface area contributed by atoms with E-state index in [1.807, 2.05) is 0 Å². The number of rotatable bonds is 6. The molecule has 0 aliphatic rings. The molecule has 0 amide bonds. The van der Waals surface area contributed by atoms with Crippen molar-refractivity contribution < 1.29 is 21.9 Å². The molecule has 27 heavy (non-hydrogen) atoms. The quantitative estimate of drug-likeness (QED) is 0.645. The van der Waals surface area contributed by atoms with Gasteiger partial charge in [-0.15, -0.1) is 0 Å². The van der Waals surface area contributed by atoms with Gasteiger partial charge in [-0.05, 0) is 25.2 Å². The lowest BCUT2D eigenvalue weighted by Gasteiger charge is -2.11. The van der Waals surface area contributed by atoms with Gasteiger partial charge in [0.1, 0.15) is 11.4 Å². The fraction of sp³-hybridized carbons (Fsp3) is 0.176. The molecule has 0 aliphatic carbocycles. The van der Waals surface area contributed by atoms with Gasteiger partial charge in [0.15, 0.2) is 10.8 Å². The SMILES string of the molecule is CNCc1cn(S(=O)(=O)c2cc(OC)ccn2)c(-c2cccnc2F)c1F. The summed E-state index contributed by atoms with van der Waals surface area (Å²) in [6.45, 7) is 0.0504. The van der Waals surface area contributed by atoms with E-state index in [-0.39, 0.29) is 28.4 Å². The van der Waals surface area contributed by atoms with Crippen molar-refractivity contribution >= 4 is 10.0 Å². The molecule has 142 valence electrons. The Hall–Kier alpha value is -2.85. The lowest BCUT2D eigenvalue weighted by molar-refractivity contribution is 0.412. The molecular formula is C17H16F2N4O3S. The Morgan fingerprint density at radius 2 is 2.00 bits per heavy atom. The van der Waals surface area contributed by atoms with Gasteiger partial charge >= 0.3 is 0 Å². The lowest BCUT2D eigenvalue weighted by atomic mass is 10.2. The standard InChI is InChI=1S/C17H16F2N4O3S/c1-20-9-11-10-23(16(15(11)18)13-4-3-6-22-17(13)19)27(24,25)14-8-12(26-2)5-7-21-14/h3-8,10,20H,9H2,1-2H3. The zero-order valence-corrected chi connectivity index (χ0v) is 15.3. The summed E-state index contributed by atoms with van der Waals surface area (Å²) in [5.41, 5.74) is -0.665. The van der Waals surface area contributed by atoms with Crippen molar-refractivity contribution in [1.82, 2.24) is 19.3 Å². The van der Waals surface area contributed by atoms with E-state index in [1.54, 1.807) is 7.05 Å². The Bertz CT molecular complexity index is 1080. The molecular weight excluding hydrogens is 378 g/mol. The molecule has 7 nitrogen and oxygen atoms in total. The predicted octanol–water partition coefficient (Wildman–Crippen LogP) is 2.19. The van der Waals surface area contributed by atoms with Crippen LogP contribution in [0.15, 0.2) is 47.9 Å². The van der Waals surface area contributed by atoms with E-state index >= 15 is 0 Å². The number of aromatic nitrogens is 3. The number of hydrogen-bond donors (Lipinski definition) is 1. The van der Waals surface area contributed by atoms with Crippen LogP contribution < -0.4 is 10.1 Å². The molecule has 3 rings (SSSR count). The Morgan fingerprint density at radius 3 is 2.67 bits per heavy atom. The second kappa shape index (κ2) is 7.41. The minimum atomic E-state index is -4.32. The van der Waals surface area contributed by atoms with E-state index in [4.69, 9.17) is 4.74 Å². The number of pyridine rings is 2. The van der Waals surface area contributed by atoms with E-state index in [0.29, 0.717) is 3.97 Å². The molecule has 0 unspecified atom stereocenters. The van der Waals surface area contributed by atoms with E-state index in [1.165, 1.54) is 43.8 Å². The third-order valence-electron chi connectivity index (χ3n) is 3.83. The molecule has 3 heterocycles. The number of hydrogen-bond acceptors (Lipinski definition) is 6. The molecule has 3 aromatic heterocycles. The average molecular weight is 394 g/mol. The first-order valence-electron chi connectivity index (χ1n) is 7.81. The van der Waals surface area contributed by atoms with Crippen molar-refractivity contribution in [3.05, 3.63) is 60.2 Å². The number of halogens is 2. The van der Waals surface area contributed by atoms with Crippen molar-refractivity contribution in [3.8, 4) is 17.0 Å². The van der Waals surface area contributed by atoms with Gasteiger partial charge in [-0.2, -0.15) is 12.8 Å². The van der Waals surface area contributed by atoms with E-state index in [2.05, 4.69) is 15.3 Å². The van der Waals surface area contributed by atoms with E-state index < -0.39 is 27.5 Å². The second-order valence-electron chi connectivity index (χ2n) is 5.52. The summed E-state index contributed by atoms with van der Waals surface area (Å²) in [6, 6.07) is 5.33. The maximum Gasteiger partial charge on any atom is 0.285 e. The third-order valence-corrected chi connectivity index (χ3v) is 5.39. The van der Waals surface area contributed by atoms with Gasteiger partial charge in [0.2, 0.25) is 5.95 Å². The maximum atomic E-state index is 15.0. The van der Waals surface area contributed by atoms with Crippen LogP contribution in [0.1, 0.15) is 5.56 Å². The van der Waals surface area contributed by atoms with E-state index in [9.17, 15) is 17.2 Å². The first-order valence-corrected chi connectivity index (χ1v) is 9.25. The van der Waals surface area contributed by atoms with Crippen molar-refractivity contribution in [2.45, 2.75) is 11.6 Å². The first kappa shape index (κ1) is 18.9. The van der Waals surface area contributed by atoms with Crippen LogP contribution in [-0.2, 0) is 16.6 Å². The summed E-state index contributed by atoms with van der Waals surface area (Å²) in [5.74, 6) is -1.58. The van der Waals surface area contributed by atoms with Gasteiger partial charge in [0, 0.05) is 36.8 Å². The Kier molecular flexibility index (Phi) is 5.19. The zero-order chi connectivity index (χ0) is 19.6. The molecule has 0 fully saturated rings. The van der Waals surface area contributed by atoms with Crippen molar-refractivity contribution in [3.63, 3.8) is 0 Å². The predicted molar refractivity (Wildman–Crippen MR) is 93.7 cm³/mol. The van der Waals surface area contributed by atoms with Gasteiger partial charge in [0.05, 0.1) is 12.7 Å². The minimum absolute atomic E-state index is 0.0504. The molecule has 0 saturated heterocycles. The van der Waals surface area contributed by atoms with Crippen molar-refractivity contribution in [2.75, 3.05) is 14.2 Å². The summed E-state index contributed by atoms with van der Waals surface area (Å²) in [4.78, 5) is 7.32. The summed E-state index contributed by atoms with van der Waals surface area (Å²) < 4.78 is 61.1. The minimum Gasteiger partial charge on any atom is -0.497 e. The van der Waals surface area contributed by atoms with Gasteiger partial charge in [-0.25, -0.2) is 18.3 Å². The van der Waals surface area contributed by atoms with Gasteiger partial charge < -0.3 is 10.1 Å². The maximum absolute atomic E-state index is 15.0.